The van der Waals surface area contributed by atoms with Crippen molar-refractivity contribution < 1.29 is 9.53 Å². The summed E-state index contributed by atoms with van der Waals surface area (Å²) in [7, 11) is 1.62. The highest BCUT2D eigenvalue weighted by atomic mass is 16.5. The fourth-order valence-electron chi connectivity index (χ4n) is 1.43. The van der Waals surface area contributed by atoms with E-state index in [9.17, 15) is 4.79 Å². The maximum absolute atomic E-state index is 11.6. The maximum atomic E-state index is 11.6. The Balaban J connectivity index is 2.59. The molecule has 2 heteroatoms. The summed E-state index contributed by atoms with van der Waals surface area (Å²) in [5.41, 5.74) is 0.881. The molecule has 0 aromatic rings. The number of carbonyl (C=O) groups is 1. The van der Waals surface area contributed by atoms with Gasteiger partial charge >= 0.3 is 0 Å². The molecule has 0 amide bonds. The third kappa shape index (κ3) is 2.87. The summed E-state index contributed by atoms with van der Waals surface area (Å²) in [5, 5.41) is 0. The van der Waals surface area contributed by atoms with E-state index in [-0.39, 0.29) is 5.78 Å². The van der Waals surface area contributed by atoms with Crippen LogP contribution in [0.5, 0.6) is 0 Å². The molecule has 76 valence electrons. The van der Waals surface area contributed by atoms with Crippen molar-refractivity contribution in [1.82, 2.24) is 0 Å². The molecule has 0 saturated heterocycles. The van der Waals surface area contributed by atoms with Gasteiger partial charge in [0, 0.05) is 6.42 Å². The molecule has 0 saturated carbocycles. The third-order valence-electron chi connectivity index (χ3n) is 2.25. The Hall–Kier alpha value is -1.31. The van der Waals surface area contributed by atoms with Crippen LogP contribution in [0, 0.1) is 0 Å². The molecule has 14 heavy (non-hydrogen) atoms. The Morgan fingerprint density at radius 2 is 2.50 bits per heavy atom. The van der Waals surface area contributed by atoms with Crippen molar-refractivity contribution in [3.05, 3.63) is 36.1 Å². The monoisotopic (exact) mass is 192 g/mol. The van der Waals surface area contributed by atoms with E-state index in [0.29, 0.717) is 6.42 Å². The summed E-state index contributed by atoms with van der Waals surface area (Å²) >= 11 is 0. The lowest BCUT2D eigenvalue weighted by molar-refractivity contribution is -0.115. The molecular weight excluding hydrogens is 176 g/mol. The van der Waals surface area contributed by atoms with Crippen LogP contribution in [-0.4, -0.2) is 12.9 Å². The van der Waals surface area contributed by atoms with Gasteiger partial charge < -0.3 is 4.74 Å². The first-order valence-electron chi connectivity index (χ1n) is 4.86. The van der Waals surface area contributed by atoms with Crippen LogP contribution in [-0.2, 0) is 9.53 Å². The average Bonchev–Trinajstić information content (AvgIpc) is 2.26. The Labute approximate surface area is 85.0 Å². The largest absolute Gasteiger partial charge is 0.497 e. The van der Waals surface area contributed by atoms with Gasteiger partial charge in [0.05, 0.1) is 7.11 Å². The molecule has 0 aromatic carbocycles. The average molecular weight is 192 g/mol. The normalized spacial score (nSPS) is 15.5. The molecule has 0 unspecified atom stereocenters. The second-order valence-electron chi connectivity index (χ2n) is 3.27. The zero-order valence-electron chi connectivity index (χ0n) is 8.58. The lowest BCUT2D eigenvalue weighted by Gasteiger charge is -2.11. The van der Waals surface area contributed by atoms with E-state index in [4.69, 9.17) is 4.74 Å². The molecule has 0 aliphatic heterocycles. The lowest BCUT2D eigenvalue weighted by atomic mass is 9.97. The second-order valence-corrected chi connectivity index (χ2v) is 3.27. The summed E-state index contributed by atoms with van der Waals surface area (Å²) < 4.78 is 5.09. The molecule has 0 bridgehead atoms. The highest BCUT2D eigenvalue weighted by Gasteiger charge is 2.12. The van der Waals surface area contributed by atoms with Crippen molar-refractivity contribution in [1.29, 1.82) is 0 Å². The Morgan fingerprint density at radius 1 is 1.71 bits per heavy atom. The van der Waals surface area contributed by atoms with Gasteiger partial charge in [-0.15, -0.1) is 6.58 Å². The van der Waals surface area contributed by atoms with Gasteiger partial charge in [-0.1, -0.05) is 6.08 Å². The predicted octanol–water partition coefficient (Wildman–Crippen LogP) is 2.77. The number of rotatable bonds is 5. The molecule has 0 atom stereocenters. The van der Waals surface area contributed by atoms with Gasteiger partial charge in [-0.25, -0.2) is 0 Å². The van der Waals surface area contributed by atoms with E-state index < -0.39 is 0 Å². The molecule has 0 heterocycles. The molecule has 1 rings (SSSR count). The number of methoxy groups -OCH3 is 1. The van der Waals surface area contributed by atoms with Crippen LogP contribution in [0.3, 0.4) is 0 Å². The highest BCUT2D eigenvalue weighted by Crippen LogP contribution is 2.19. The summed E-state index contributed by atoms with van der Waals surface area (Å²) in [5.74, 6) is 1.02. The molecule has 2 nitrogen and oxygen atoms in total. The van der Waals surface area contributed by atoms with Crippen molar-refractivity contribution in [3.63, 3.8) is 0 Å². The minimum atomic E-state index is 0.215. The number of Topliss-reactive ketones (excluding diaryl/α,β-unsaturated/α-hetero) is 1. The standard InChI is InChI=1S/C12H16O2/c1-3-4-8-12(13)10-6-5-7-11(9-10)14-2/h3,7,9H,1,4-6,8H2,2H3. The van der Waals surface area contributed by atoms with Crippen LogP contribution in [0.15, 0.2) is 36.1 Å². The summed E-state index contributed by atoms with van der Waals surface area (Å²) in [6.07, 6.45) is 8.67. The Bertz CT molecular complexity index is 285. The van der Waals surface area contributed by atoms with Crippen LogP contribution in [0.25, 0.3) is 0 Å². The fourth-order valence-corrected chi connectivity index (χ4v) is 1.43. The molecular formula is C12H16O2. The summed E-state index contributed by atoms with van der Waals surface area (Å²) in [4.78, 5) is 11.6. The van der Waals surface area contributed by atoms with E-state index in [1.807, 2.05) is 12.2 Å². The molecule has 0 aromatic heterocycles. The number of ether oxygens (including phenoxy) is 1. The van der Waals surface area contributed by atoms with Crippen molar-refractivity contribution in [2.45, 2.75) is 25.7 Å². The summed E-state index contributed by atoms with van der Waals surface area (Å²) in [6.45, 7) is 3.60. The van der Waals surface area contributed by atoms with Crippen LogP contribution < -0.4 is 0 Å². The fraction of sp³-hybridized carbons (Fsp3) is 0.417. The van der Waals surface area contributed by atoms with Gasteiger partial charge in [0.15, 0.2) is 5.78 Å². The van der Waals surface area contributed by atoms with E-state index in [1.54, 1.807) is 13.2 Å². The number of allylic oxidation sites excluding steroid dienone is 4. The van der Waals surface area contributed by atoms with Crippen LogP contribution in [0.1, 0.15) is 25.7 Å². The zero-order valence-corrected chi connectivity index (χ0v) is 8.58. The molecule has 1 aliphatic carbocycles. The molecule has 0 fully saturated rings. The number of ketones is 1. The minimum absolute atomic E-state index is 0.215. The highest BCUT2D eigenvalue weighted by molar-refractivity contribution is 5.96. The van der Waals surface area contributed by atoms with Gasteiger partial charge in [0.2, 0.25) is 0 Å². The van der Waals surface area contributed by atoms with E-state index in [0.717, 1.165) is 30.6 Å². The van der Waals surface area contributed by atoms with Gasteiger partial charge in [-0.3, -0.25) is 4.79 Å². The first kappa shape index (κ1) is 10.8. The predicted molar refractivity (Wildman–Crippen MR) is 56.8 cm³/mol. The lowest BCUT2D eigenvalue weighted by Crippen LogP contribution is -2.05. The Kier molecular flexibility index (Phi) is 4.17. The Morgan fingerprint density at radius 3 is 3.14 bits per heavy atom. The van der Waals surface area contributed by atoms with Gasteiger partial charge in [0.1, 0.15) is 5.76 Å². The third-order valence-corrected chi connectivity index (χ3v) is 2.25. The quantitative estimate of drug-likeness (QED) is 0.626. The van der Waals surface area contributed by atoms with Gasteiger partial charge in [-0.2, -0.15) is 0 Å². The molecule has 0 radical (unpaired) electrons. The van der Waals surface area contributed by atoms with Gasteiger partial charge in [0.25, 0.3) is 0 Å². The van der Waals surface area contributed by atoms with Crippen molar-refractivity contribution in [3.8, 4) is 0 Å². The van der Waals surface area contributed by atoms with Crippen LogP contribution in [0.2, 0.25) is 0 Å². The SMILES string of the molecule is C=CCCC(=O)C1=CC(OC)=CCC1. The number of carbonyl (C=O) groups excluding carboxylic acids is 1. The molecule has 1 aliphatic rings. The van der Waals surface area contributed by atoms with E-state index >= 15 is 0 Å². The zero-order chi connectivity index (χ0) is 10.4. The minimum Gasteiger partial charge on any atom is -0.497 e. The topological polar surface area (TPSA) is 26.3 Å². The van der Waals surface area contributed by atoms with Gasteiger partial charge in [-0.05, 0) is 37.0 Å². The number of hydrogen-bond acceptors (Lipinski definition) is 2. The molecule has 0 N–H and O–H groups in total. The van der Waals surface area contributed by atoms with E-state index in [1.165, 1.54) is 0 Å². The summed E-state index contributed by atoms with van der Waals surface area (Å²) in [6, 6.07) is 0. The number of hydrogen-bond donors (Lipinski definition) is 0. The van der Waals surface area contributed by atoms with Crippen LogP contribution >= 0.6 is 0 Å². The first-order valence-corrected chi connectivity index (χ1v) is 4.86. The van der Waals surface area contributed by atoms with Crippen molar-refractivity contribution >= 4 is 5.78 Å². The van der Waals surface area contributed by atoms with Crippen molar-refractivity contribution in [2.24, 2.45) is 0 Å². The second kappa shape index (κ2) is 5.43. The van der Waals surface area contributed by atoms with Crippen LogP contribution in [0.4, 0.5) is 0 Å². The van der Waals surface area contributed by atoms with Crippen molar-refractivity contribution in [2.75, 3.05) is 7.11 Å². The smallest absolute Gasteiger partial charge is 0.159 e. The van der Waals surface area contributed by atoms with E-state index in [2.05, 4.69) is 6.58 Å². The molecule has 0 spiro atoms. The first-order chi connectivity index (χ1) is 6.77. The maximum Gasteiger partial charge on any atom is 0.159 e.